The number of carbonyl (C=O) groups excluding carboxylic acids is 1. The third-order valence-electron chi connectivity index (χ3n) is 7.75. The molecule has 1 saturated carbocycles. The molecular weight excluding hydrogens is 358 g/mol. The molecule has 2 unspecified atom stereocenters. The van der Waals surface area contributed by atoms with Gasteiger partial charge >= 0.3 is 0 Å². The molecule has 4 nitrogen and oxygen atoms in total. The Hall–Kier alpha value is -1.86. The summed E-state index contributed by atoms with van der Waals surface area (Å²) in [5.41, 5.74) is 8.05. The highest BCUT2D eigenvalue weighted by Gasteiger charge is 2.53. The van der Waals surface area contributed by atoms with Crippen LogP contribution in [-0.2, 0) is 36.9 Å². The smallest absolute Gasteiger partial charge is 0.237 e. The Balaban J connectivity index is 1.28. The number of likely N-dealkylation sites (tertiary alicyclic amines) is 1. The minimum absolute atomic E-state index is 0.116. The fraction of sp³-hybridized carbons (Fsp3) is 0.680. The van der Waals surface area contributed by atoms with E-state index in [1.807, 2.05) is 4.90 Å². The molecule has 1 amide bonds. The first kappa shape index (κ1) is 19.1. The van der Waals surface area contributed by atoms with Crippen LogP contribution in [0.5, 0.6) is 0 Å². The number of nitrogens with zero attached hydrogens (tertiary/aromatic N) is 2. The second-order valence-electron chi connectivity index (χ2n) is 9.78. The van der Waals surface area contributed by atoms with Crippen LogP contribution in [0.15, 0.2) is 6.07 Å². The van der Waals surface area contributed by atoms with Crippen LogP contribution in [-0.4, -0.2) is 35.5 Å². The van der Waals surface area contributed by atoms with Gasteiger partial charge in [-0.2, -0.15) is 5.26 Å². The number of benzene rings is 1. The van der Waals surface area contributed by atoms with Crippen LogP contribution in [0.2, 0.25) is 0 Å². The normalized spacial score (nSPS) is 28.1. The Morgan fingerprint density at radius 1 is 1.14 bits per heavy atom. The molecule has 1 aromatic carbocycles. The van der Waals surface area contributed by atoms with Crippen LogP contribution in [0.25, 0.3) is 0 Å². The van der Waals surface area contributed by atoms with Crippen molar-refractivity contribution in [3.63, 3.8) is 0 Å². The van der Waals surface area contributed by atoms with Crippen molar-refractivity contribution in [1.82, 2.24) is 10.2 Å². The zero-order chi connectivity index (χ0) is 20.0. The maximum atomic E-state index is 12.8. The van der Waals surface area contributed by atoms with Gasteiger partial charge in [-0.15, -0.1) is 0 Å². The number of rotatable bonds is 5. The van der Waals surface area contributed by atoms with Crippen molar-refractivity contribution in [3.8, 4) is 6.07 Å². The highest BCUT2D eigenvalue weighted by Crippen LogP contribution is 2.47. The standard InChI is InChI=1S/C25H33N3O/c1-16(27-15-25(29)28-20(14-26)12-19-13-24(19)28)10-23-21-8-4-2-6-17(21)11-18-7-3-5-9-22(18)23/h11,16,19-20,24,27H,2-10,12-13,15H2,1H3/t16?,19-,20?,24+/m1/s1. The molecule has 0 radical (unpaired) electrons. The maximum absolute atomic E-state index is 12.8. The molecule has 1 N–H and O–H groups in total. The van der Waals surface area contributed by atoms with Crippen LogP contribution in [0, 0.1) is 17.2 Å². The molecule has 0 bridgehead atoms. The number of aryl methyl sites for hydroxylation is 2. The number of amides is 1. The summed E-state index contributed by atoms with van der Waals surface area (Å²) in [5.74, 6) is 0.703. The zero-order valence-corrected chi connectivity index (χ0v) is 17.7. The molecule has 1 aliphatic heterocycles. The molecule has 1 saturated heterocycles. The maximum Gasteiger partial charge on any atom is 0.237 e. The summed E-state index contributed by atoms with van der Waals surface area (Å²) in [7, 11) is 0. The van der Waals surface area contributed by atoms with Gasteiger partial charge in [0.1, 0.15) is 6.04 Å². The van der Waals surface area contributed by atoms with E-state index in [1.165, 1.54) is 51.4 Å². The molecule has 29 heavy (non-hydrogen) atoms. The number of hydrogen-bond acceptors (Lipinski definition) is 3. The lowest BCUT2D eigenvalue weighted by atomic mass is 9.78. The third-order valence-corrected chi connectivity index (χ3v) is 7.75. The van der Waals surface area contributed by atoms with Crippen LogP contribution < -0.4 is 5.32 Å². The highest BCUT2D eigenvalue weighted by molar-refractivity contribution is 5.80. The summed E-state index contributed by atoms with van der Waals surface area (Å²) in [4.78, 5) is 14.7. The van der Waals surface area contributed by atoms with Gasteiger partial charge in [-0.25, -0.2) is 0 Å². The number of carbonyl (C=O) groups is 1. The highest BCUT2D eigenvalue weighted by atomic mass is 16.2. The predicted octanol–water partition coefficient (Wildman–Crippen LogP) is 3.48. The summed E-state index contributed by atoms with van der Waals surface area (Å²) >= 11 is 0. The zero-order valence-electron chi connectivity index (χ0n) is 17.7. The first-order valence-corrected chi connectivity index (χ1v) is 11.7. The van der Waals surface area contributed by atoms with Gasteiger partial charge in [0.15, 0.2) is 0 Å². The van der Waals surface area contributed by atoms with E-state index in [0.29, 0.717) is 18.5 Å². The number of nitriles is 1. The second-order valence-corrected chi connectivity index (χ2v) is 9.78. The molecule has 0 spiro atoms. The summed E-state index contributed by atoms with van der Waals surface area (Å²) in [6.07, 6.45) is 13.2. The summed E-state index contributed by atoms with van der Waals surface area (Å²) in [6, 6.07) is 5.27. The van der Waals surface area contributed by atoms with Gasteiger partial charge in [-0.3, -0.25) is 4.79 Å². The Bertz CT molecular complexity index is 820. The summed E-state index contributed by atoms with van der Waals surface area (Å²) < 4.78 is 0. The summed E-state index contributed by atoms with van der Waals surface area (Å²) in [5, 5.41) is 12.9. The third kappa shape index (κ3) is 3.59. The van der Waals surface area contributed by atoms with Gasteiger partial charge in [0.25, 0.3) is 0 Å². The van der Waals surface area contributed by atoms with Crippen LogP contribution in [0.3, 0.4) is 0 Å². The lowest BCUT2D eigenvalue weighted by molar-refractivity contribution is -0.131. The Kier molecular flexibility index (Phi) is 5.12. The van der Waals surface area contributed by atoms with Gasteiger partial charge in [-0.05, 0) is 111 Å². The van der Waals surface area contributed by atoms with E-state index >= 15 is 0 Å². The minimum atomic E-state index is -0.198. The lowest BCUT2D eigenvalue weighted by Gasteiger charge is -2.29. The van der Waals surface area contributed by atoms with E-state index in [1.54, 1.807) is 27.8 Å². The summed E-state index contributed by atoms with van der Waals surface area (Å²) in [6.45, 7) is 2.58. The average molecular weight is 392 g/mol. The number of piperidine rings is 1. The first-order chi connectivity index (χ1) is 14.2. The molecular formula is C25H33N3O. The van der Waals surface area contributed by atoms with Gasteiger partial charge in [0.2, 0.25) is 5.91 Å². The quantitative estimate of drug-likeness (QED) is 0.836. The fourth-order valence-corrected chi connectivity index (χ4v) is 6.17. The van der Waals surface area contributed by atoms with Gasteiger partial charge < -0.3 is 10.2 Å². The molecule has 5 rings (SSSR count). The van der Waals surface area contributed by atoms with E-state index < -0.39 is 0 Å². The second kappa shape index (κ2) is 7.76. The lowest BCUT2D eigenvalue weighted by Crippen LogP contribution is -2.45. The SMILES string of the molecule is CC(Cc1c2c(cc3c1CCCC3)CCCC2)NCC(=O)N1C(C#N)C[C@@H]2C[C@@H]21. The van der Waals surface area contributed by atoms with Crippen LogP contribution >= 0.6 is 0 Å². The molecule has 4 atom stereocenters. The molecule has 3 aliphatic carbocycles. The molecule has 154 valence electrons. The van der Waals surface area contributed by atoms with Crippen molar-refractivity contribution in [3.05, 3.63) is 33.9 Å². The Morgan fingerprint density at radius 3 is 2.45 bits per heavy atom. The first-order valence-electron chi connectivity index (χ1n) is 11.7. The Morgan fingerprint density at radius 2 is 1.79 bits per heavy atom. The van der Waals surface area contributed by atoms with Crippen molar-refractivity contribution < 1.29 is 4.79 Å². The van der Waals surface area contributed by atoms with Crippen molar-refractivity contribution in [2.24, 2.45) is 5.92 Å². The monoisotopic (exact) mass is 391 g/mol. The predicted molar refractivity (Wildman–Crippen MR) is 114 cm³/mol. The van der Waals surface area contributed by atoms with E-state index in [2.05, 4.69) is 24.4 Å². The van der Waals surface area contributed by atoms with Gasteiger partial charge in [0, 0.05) is 12.1 Å². The van der Waals surface area contributed by atoms with Gasteiger partial charge in [-0.1, -0.05) is 6.07 Å². The van der Waals surface area contributed by atoms with Crippen LogP contribution in [0.4, 0.5) is 0 Å². The fourth-order valence-electron chi connectivity index (χ4n) is 6.17. The molecule has 4 aliphatic rings. The van der Waals surface area contributed by atoms with E-state index in [0.717, 1.165) is 19.3 Å². The molecule has 4 heteroatoms. The van der Waals surface area contributed by atoms with E-state index in [9.17, 15) is 10.1 Å². The van der Waals surface area contributed by atoms with Crippen molar-refractivity contribution in [2.75, 3.05) is 6.54 Å². The van der Waals surface area contributed by atoms with Crippen LogP contribution in [0.1, 0.15) is 73.3 Å². The molecule has 0 aromatic heterocycles. The van der Waals surface area contributed by atoms with E-state index in [4.69, 9.17) is 0 Å². The van der Waals surface area contributed by atoms with Crippen molar-refractivity contribution in [2.45, 2.75) is 95.7 Å². The topological polar surface area (TPSA) is 56.1 Å². The number of fused-ring (bicyclic) bond motifs is 3. The molecule has 1 aromatic rings. The van der Waals surface area contributed by atoms with Crippen molar-refractivity contribution in [1.29, 1.82) is 5.26 Å². The Labute approximate surface area is 174 Å². The largest absolute Gasteiger partial charge is 0.322 e. The van der Waals surface area contributed by atoms with Crippen molar-refractivity contribution >= 4 is 5.91 Å². The molecule has 2 fully saturated rings. The number of hydrogen-bond donors (Lipinski definition) is 1. The molecule has 1 heterocycles. The minimum Gasteiger partial charge on any atom is -0.322 e. The number of nitrogens with one attached hydrogen (secondary N) is 1. The van der Waals surface area contributed by atoms with E-state index in [-0.39, 0.29) is 18.0 Å². The van der Waals surface area contributed by atoms with Gasteiger partial charge in [0.05, 0.1) is 12.6 Å². The average Bonchev–Trinajstić information content (AvgIpc) is 3.41.